The van der Waals surface area contributed by atoms with Gasteiger partial charge in [-0.1, -0.05) is 96.8 Å². The molecule has 0 aliphatic rings. The van der Waals surface area contributed by atoms with Crippen LogP contribution in [0.3, 0.4) is 0 Å². The average Bonchev–Trinajstić information content (AvgIpc) is 2.80. The van der Waals surface area contributed by atoms with Crippen molar-refractivity contribution in [1.29, 1.82) is 0 Å². The van der Waals surface area contributed by atoms with Gasteiger partial charge in [0.1, 0.15) is 13.2 Å². The highest BCUT2D eigenvalue weighted by Gasteiger charge is 2.08. The maximum Gasteiger partial charge on any atom is 0.325 e. The van der Waals surface area contributed by atoms with E-state index in [1.54, 1.807) is 0 Å². The molecule has 0 saturated carbocycles. The van der Waals surface area contributed by atoms with Crippen molar-refractivity contribution >= 4 is 24.3 Å². The van der Waals surface area contributed by atoms with E-state index < -0.39 is 5.97 Å². The minimum absolute atomic E-state index is 0. The van der Waals surface area contributed by atoms with Crippen LogP contribution in [0.1, 0.15) is 110 Å². The molecule has 0 aliphatic heterocycles. The molecule has 0 spiro atoms. The maximum absolute atomic E-state index is 11.9. The summed E-state index contributed by atoms with van der Waals surface area (Å²) in [5.41, 5.74) is 0. The zero-order valence-electron chi connectivity index (χ0n) is 21.7. The summed E-state index contributed by atoms with van der Waals surface area (Å²) in [5, 5.41) is 20.5. The number of esters is 1. The third kappa shape index (κ3) is 25.7. The highest BCUT2D eigenvalue weighted by molar-refractivity contribution is 5.85. The Labute approximate surface area is 214 Å². The molecule has 7 nitrogen and oxygen atoms in total. The highest BCUT2D eigenvalue weighted by atomic mass is 35.5. The lowest BCUT2D eigenvalue weighted by Gasteiger charge is -2.19. The van der Waals surface area contributed by atoms with Gasteiger partial charge in [-0.25, -0.2) is 0 Å². The Morgan fingerprint density at radius 2 is 1.15 bits per heavy atom. The van der Waals surface area contributed by atoms with E-state index in [9.17, 15) is 9.59 Å². The van der Waals surface area contributed by atoms with Gasteiger partial charge in [0.25, 0.3) is 0 Å². The molecule has 0 heterocycles. The maximum atomic E-state index is 11.9. The first-order chi connectivity index (χ1) is 16.1. The number of hydrogen-bond acceptors (Lipinski definition) is 6. The molecule has 0 radical (unpaired) electrons. The van der Waals surface area contributed by atoms with Crippen molar-refractivity contribution in [3.8, 4) is 0 Å². The first kappa shape index (κ1) is 35.3. The number of ether oxygens (including phenoxy) is 1. The Balaban J connectivity index is 0. The molecule has 0 aromatic carbocycles. The number of halogens is 1. The lowest BCUT2D eigenvalue weighted by molar-refractivity contribution is -0.144. The molecule has 0 rings (SSSR count). The number of amides is 1. The zero-order valence-corrected chi connectivity index (χ0v) is 22.6. The van der Waals surface area contributed by atoms with E-state index >= 15 is 0 Å². The Morgan fingerprint density at radius 3 is 1.59 bits per heavy atom. The molecule has 3 N–H and O–H groups in total. The van der Waals surface area contributed by atoms with Gasteiger partial charge >= 0.3 is 5.97 Å². The van der Waals surface area contributed by atoms with Crippen molar-refractivity contribution < 1.29 is 24.5 Å². The fourth-order valence-corrected chi connectivity index (χ4v) is 3.87. The first-order valence-electron chi connectivity index (χ1n) is 13.5. The number of hydrogen-bond donors (Lipinski definition) is 3. The summed E-state index contributed by atoms with van der Waals surface area (Å²) in [6, 6.07) is 0. The van der Waals surface area contributed by atoms with Crippen LogP contribution in [0.4, 0.5) is 0 Å². The molecule has 0 aromatic rings. The standard InChI is InChI=1S/C26H52N2O5.ClH/c1-2-3-4-5-6-7-8-9-10-11-12-13-14-15-16-17-25(31)27-24-26(32)33-23-20-28(18-21-29)19-22-30;/h29-30H,2-24H2,1H3,(H,27,31);1H. The Kier molecular flexibility index (Phi) is 29.4. The van der Waals surface area contributed by atoms with E-state index in [4.69, 9.17) is 14.9 Å². The van der Waals surface area contributed by atoms with Crippen LogP contribution in [0, 0.1) is 0 Å². The van der Waals surface area contributed by atoms with Gasteiger partial charge in [0.2, 0.25) is 5.91 Å². The van der Waals surface area contributed by atoms with E-state index in [0.29, 0.717) is 26.1 Å². The number of carbonyl (C=O) groups excluding carboxylic acids is 2. The Morgan fingerprint density at radius 1 is 0.706 bits per heavy atom. The van der Waals surface area contributed by atoms with Crippen LogP contribution >= 0.6 is 12.4 Å². The lowest BCUT2D eigenvalue weighted by Crippen LogP contribution is -2.35. The molecule has 0 bridgehead atoms. The quantitative estimate of drug-likeness (QED) is 0.123. The second kappa shape index (κ2) is 28.3. The van der Waals surface area contributed by atoms with Crippen LogP contribution in [-0.2, 0) is 14.3 Å². The van der Waals surface area contributed by atoms with Crippen molar-refractivity contribution in [2.45, 2.75) is 110 Å². The van der Waals surface area contributed by atoms with Crippen LogP contribution in [-0.4, -0.2) is 73.0 Å². The summed E-state index contributed by atoms with van der Waals surface area (Å²) in [5.74, 6) is -0.573. The van der Waals surface area contributed by atoms with Gasteiger partial charge in [0, 0.05) is 26.1 Å². The smallest absolute Gasteiger partial charge is 0.325 e. The largest absolute Gasteiger partial charge is 0.463 e. The average molecular weight is 509 g/mol. The minimum atomic E-state index is -0.465. The number of nitrogens with zero attached hydrogens (tertiary/aromatic N) is 1. The molecule has 34 heavy (non-hydrogen) atoms. The van der Waals surface area contributed by atoms with Crippen LogP contribution in [0.15, 0.2) is 0 Å². The SMILES string of the molecule is CCCCCCCCCCCCCCCCCC(=O)NCC(=O)OCCN(CCO)CCO.Cl. The van der Waals surface area contributed by atoms with E-state index in [1.165, 1.54) is 83.5 Å². The van der Waals surface area contributed by atoms with Gasteiger partial charge in [-0.15, -0.1) is 12.4 Å². The van der Waals surface area contributed by atoms with Crippen molar-refractivity contribution in [2.24, 2.45) is 0 Å². The van der Waals surface area contributed by atoms with E-state index in [0.717, 1.165) is 12.8 Å². The molecule has 0 aromatic heterocycles. The molecule has 0 aliphatic carbocycles. The predicted molar refractivity (Wildman–Crippen MR) is 141 cm³/mol. The fourth-order valence-electron chi connectivity index (χ4n) is 3.87. The van der Waals surface area contributed by atoms with Gasteiger partial charge in [-0.3, -0.25) is 14.5 Å². The zero-order chi connectivity index (χ0) is 24.4. The summed E-state index contributed by atoms with van der Waals surface area (Å²) < 4.78 is 5.09. The van der Waals surface area contributed by atoms with E-state index in [-0.39, 0.29) is 44.7 Å². The van der Waals surface area contributed by atoms with E-state index in [2.05, 4.69) is 12.2 Å². The normalized spacial score (nSPS) is 10.8. The molecule has 1 amide bonds. The number of aliphatic hydroxyl groups excluding tert-OH is 2. The van der Waals surface area contributed by atoms with Gasteiger partial charge in [0.15, 0.2) is 0 Å². The third-order valence-corrected chi connectivity index (χ3v) is 5.94. The molecular formula is C26H53ClN2O5. The highest BCUT2D eigenvalue weighted by Crippen LogP contribution is 2.13. The van der Waals surface area contributed by atoms with Gasteiger partial charge in [-0.05, 0) is 6.42 Å². The predicted octanol–water partition coefficient (Wildman–Crippen LogP) is 4.62. The monoisotopic (exact) mass is 508 g/mol. The Bertz CT molecular complexity index is 449. The number of nitrogens with one attached hydrogen (secondary N) is 1. The van der Waals surface area contributed by atoms with Gasteiger partial charge in [0.05, 0.1) is 13.2 Å². The molecule has 0 fully saturated rings. The number of carbonyl (C=O) groups is 2. The first-order valence-corrected chi connectivity index (χ1v) is 13.5. The topological polar surface area (TPSA) is 99.1 Å². The lowest BCUT2D eigenvalue weighted by atomic mass is 10.0. The van der Waals surface area contributed by atoms with Crippen molar-refractivity contribution in [3.05, 3.63) is 0 Å². The van der Waals surface area contributed by atoms with E-state index in [1.807, 2.05) is 4.90 Å². The molecule has 8 heteroatoms. The van der Waals surface area contributed by atoms with Crippen molar-refractivity contribution in [3.63, 3.8) is 0 Å². The van der Waals surface area contributed by atoms with Crippen LogP contribution in [0.5, 0.6) is 0 Å². The van der Waals surface area contributed by atoms with Crippen LogP contribution < -0.4 is 5.32 Å². The second-order valence-corrected chi connectivity index (χ2v) is 8.99. The Hall–Kier alpha value is -0.890. The number of rotatable bonds is 25. The van der Waals surface area contributed by atoms with Crippen LogP contribution in [0.2, 0.25) is 0 Å². The summed E-state index contributed by atoms with van der Waals surface area (Å²) >= 11 is 0. The molecule has 0 atom stereocenters. The van der Waals surface area contributed by atoms with Crippen LogP contribution in [0.25, 0.3) is 0 Å². The molecular weight excluding hydrogens is 456 g/mol. The molecule has 204 valence electrons. The van der Waals surface area contributed by atoms with Gasteiger partial charge < -0.3 is 20.3 Å². The number of aliphatic hydroxyl groups is 2. The van der Waals surface area contributed by atoms with Gasteiger partial charge in [-0.2, -0.15) is 0 Å². The molecule has 0 unspecified atom stereocenters. The second-order valence-electron chi connectivity index (χ2n) is 8.99. The minimum Gasteiger partial charge on any atom is -0.463 e. The summed E-state index contributed by atoms with van der Waals surface area (Å²) in [7, 11) is 0. The summed E-state index contributed by atoms with van der Waals surface area (Å²) in [6.45, 7) is 3.60. The third-order valence-electron chi connectivity index (χ3n) is 5.94. The van der Waals surface area contributed by atoms with Crippen molar-refractivity contribution in [1.82, 2.24) is 10.2 Å². The fraction of sp³-hybridized carbons (Fsp3) is 0.923. The summed E-state index contributed by atoms with van der Waals surface area (Å²) in [4.78, 5) is 25.4. The van der Waals surface area contributed by atoms with Crippen molar-refractivity contribution in [2.75, 3.05) is 46.0 Å². The molecule has 0 saturated heterocycles. The number of unbranched alkanes of at least 4 members (excludes halogenated alkanes) is 14. The summed E-state index contributed by atoms with van der Waals surface area (Å²) in [6.07, 6.45) is 19.9.